The fourth-order valence-electron chi connectivity index (χ4n) is 5.55. The van der Waals surface area contributed by atoms with Crippen LogP contribution in [0.2, 0.25) is 0 Å². The quantitative estimate of drug-likeness (QED) is 0.189. The van der Waals surface area contributed by atoms with Gasteiger partial charge >= 0.3 is 5.97 Å². The van der Waals surface area contributed by atoms with Gasteiger partial charge < -0.3 is 28.6 Å². The van der Waals surface area contributed by atoms with Crippen LogP contribution in [0, 0.1) is 5.92 Å². The number of benzene rings is 1. The molecule has 8 heteroatoms. The predicted octanol–water partition coefficient (Wildman–Crippen LogP) is 5.06. The predicted molar refractivity (Wildman–Crippen MR) is 146 cm³/mol. The van der Waals surface area contributed by atoms with Crippen LogP contribution in [-0.4, -0.2) is 70.0 Å². The first kappa shape index (κ1) is 29.6. The van der Waals surface area contributed by atoms with Crippen LogP contribution < -0.4 is 14.2 Å². The van der Waals surface area contributed by atoms with Crippen molar-refractivity contribution < 1.29 is 33.3 Å². The highest BCUT2D eigenvalue weighted by molar-refractivity contribution is 5.89. The molecule has 1 aromatic carbocycles. The highest BCUT2D eigenvalue weighted by Gasteiger charge is 2.40. The molecule has 1 aromatic rings. The third-order valence-corrected chi connectivity index (χ3v) is 7.34. The van der Waals surface area contributed by atoms with Crippen molar-refractivity contribution in [2.75, 3.05) is 47.2 Å². The number of esters is 1. The lowest BCUT2D eigenvalue weighted by atomic mass is 9.75. The topological polar surface area (TPSA) is 83.5 Å². The zero-order chi connectivity index (χ0) is 27.3. The Morgan fingerprint density at radius 3 is 2.34 bits per heavy atom. The summed E-state index contributed by atoms with van der Waals surface area (Å²) in [5, 5.41) is 0. The minimum absolute atomic E-state index is 0.0374. The zero-order valence-electron chi connectivity index (χ0n) is 23.0. The third-order valence-electron chi connectivity index (χ3n) is 7.34. The van der Waals surface area contributed by atoms with Crippen molar-refractivity contribution in [1.29, 1.82) is 0 Å². The van der Waals surface area contributed by atoms with Crippen LogP contribution in [-0.2, 0) is 19.1 Å². The fourth-order valence-corrected chi connectivity index (χ4v) is 5.55. The van der Waals surface area contributed by atoms with E-state index in [1.165, 1.54) is 6.42 Å². The SMILES string of the molecule is C=CCOCCOc1cc([C@@H](C(=O)N2CCCC[C@H]2C(=O)OCC=C)C2CCCCC2)cc(OC)c1OC. The summed E-state index contributed by atoms with van der Waals surface area (Å²) < 4.78 is 28.2. The number of ether oxygens (including phenoxy) is 5. The van der Waals surface area contributed by atoms with E-state index in [0.29, 0.717) is 50.0 Å². The molecule has 2 aliphatic rings. The number of carbonyl (C=O) groups is 2. The van der Waals surface area contributed by atoms with Crippen molar-refractivity contribution in [3.63, 3.8) is 0 Å². The van der Waals surface area contributed by atoms with Gasteiger partial charge in [-0.1, -0.05) is 38.0 Å². The summed E-state index contributed by atoms with van der Waals surface area (Å²) in [6.07, 6.45) is 10.8. The monoisotopic (exact) mass is 529 g/mol. The highest BCUT2D eigenvalue weighted by atomic mass is 16.5. The van der Waals surface area contributed by atoms with Gasteiger partial charge in [0, 0.05) is 6.54 Å². The molecule has 3 rings (SSSR count). The van der Waals surface area contributed by atoms with Gasteiger partial charge in [0.15, 0.2) is 11.5 Å². The summed E-state index contributed by atoms with van der Waals surface area (Å²) in [4.78, 5) is 29.0. The number of nitrogens with zero attached hydrogens (tertiary/aromatic N) is 1. The standard InChI is InChI=1S/C30H43NO7/c1-5-16-36-18-19-37-26-21-23(20-25(34-3)28(26)35-4)27(22-12-8-7-9-13-22)29(32)31-15-11-10-14-24(31)30(33)38-17-6-2/h5-6,20-22,24,27H,1-2,7-19H2,3-4H3/t24-,27-/m0/s1. The van der Waals surface area contributed by atoms with Crippen molar-refractivity contribution in [2.24, 2.45) is 5.92 Å². The normalized spacial score (nSPS) is 18.8. The van der Waals surface area contributed by atoms with E-state index >= 15 is 0 Å². The van der Waals surface area contributed by atoms with Gasteiger partial charge in [-0.15, -0.1) is 6.58 Å². The molecular weight excluding hydrogens is 486 g/mol. The number of carbonyl (C=O) groups excluding carboxylic acids is 2. The second-order valence-electron chi connectivity index (χ2n) is 9.80. The number of rotatable bonds is 14. The Hall–Kier alpha value is -3.00. The molecule has 210 valence electrons. The van der Waals surface area contributed by atoms with E-state index in [1.807, 2.05) is 12.1 Å². The van der Waals surface area contributed by atoms with E-state index in [9.17, 15) is 9.59 Å². The molecule has 1 aliphatic carbocycles. The maximum Gasteiger partial charge on any atom is 0.329 e. The molecule has 0 spiro atoms. The molecule has 0 aromatic heterocycles. The first-order chi connectivity index (χ1) is 18.5. The molecule has 1 saturated carbocycles. The average Bonchev–Trinajstić information content (AvgIpc) is 2.96. The molecule has 38 heavy (non-hydrogen) atoms. The second kappa shape index (κ2) is 15.4. The Kier molecular flexibility index (Phi) is 12.0. The van der Waals surface area contributed by atoms with Crippen molar-refractivity contribution in [2.45, 2.75) is 63.3 Å². The van der Waals surface area contributed by atoms with Gasteiger partial charge in [0.1, 0.15) is 19.3 Å². The summed E-state index contributed by atoms with van der Waals surface area (Å²) in [5.74, 6) is 0.797. The lowest BCUT2D eigenvalue weighted by Gasteiger charge is -2.39. The maximum absolute atomic E-state index is 14.3. The zero-order valence-corrected chi connectivity index (χ0v) is 23.0. The Morgan fingerprint density at radius 1 is 0.947 bits per heavy atom. The molecular formula is C30H43NO7. The van der Waals surface area contributed by atoms with E-state index in [-0.39, 0.29) is 24.4 Å². The lowest BCUT2D eigenvalue weighted by molar-refractivity contribution is -0.157. The first-order valence-corrected chi connectivity index (χ1v) is 13.7. The van der Waals surface area contributed by atoms with E-state index in [1.54, 1.807) is 31.3 Å². The Bertz CT molecular complexity index is 941. The van der Waals surface area contributed by atoms with Crippen molar-refractivity contribution >= 4 is 11.9 Å². The molecule has 8 nitrogen and oxygen atoms in total. The molecule has 0 unspecified atom stereocenters. The summed E-state index contributed by atoms with van der Waals surface area (Å²) in [6, 6.07) is 3.19. The maximum atomic E-state index is 14.3. The van der Waals surface area contributed by atoms with Crippen molar-refractivity contribution in [3.05, 3.63) is 43.0 Å². The molecule has 2 fully saturated rings. The summed E-state index contributed by atoms with van der Waals surface area (Å²) in [7, 11) is 3.14. The Labute approximate surface area is 226 Å². The number of methoxy groups -OCH3 is 2. The van der Waals surface area contributed by atoms with Gasteiger partial charge in [0.25, 0.3) is 0 Å². The van der Waals surface area contributed by atoms with E-state index in [2.05, 4.69) is 13.2 Å². The minimum atomic E-state index is -0.583. The van der Waals surface area contributed by atoms with E-state index in [4.69, 9.17) is 23.7 Å². The van der Waals surface area contributed by atoms with Crippen LogP contribution in [0.5, 0.6) is 17.2 Å². The van der Waals surface area contributed by atoms with Gasteiger partial charge in [-0.2, -0.15) is 0 Å². The van der Waals surface area contributed by atoms with Crippen LogP contribution in [0.25, 0.3) is 0 Å². The van der Waals surface area contributed by atoms with Crippen molar-refractivity contribution in [3.8, 4) is 17.2 Å². The highest BCUT2D eigenvalue weighted by Crippen LogP contribution is 2.45. The molecule has 0 bridgehead atoms. The van der Waals surface area contributed by atoms with Crippen LogP contribution in [0.4, 0.5) is 0 Å². The first-order valence-electron chi connectivity index (χ1n) is 13.7. The largest absolute Gasteiger partial charge is 0.493 e. The number of hydrogen-bond donors (Lipinski definition) is 0. The number of piperidine rings is 1. The summed E-state index contributed by atoms with van der Waals surface area (Å²) in [5.41, 5.74) is 0.811. The van der Waals surface area contributed by atoms with Crippen molar-refractivity contribution in [1.82, 2.24) is 4.90 Å². The molecule has 0 N–H and O–H groups in total. The smallest absolute Gasteiger partial charge is 0.329 e. The van der Waals surface area contributed by atoms with E-state index in [0.717, 1.165) is 44.1 Å². The van der Waals surface area contributed by atoms with Crippen LogP contribution in [0.3, 0.4) is 0 Å². The number of hydrogen-bond acceptors (Lipinski definition) is 7. The number of amides is 1. The van der Waals surface area contributed by atoms with Gasteiger partial charge in [-0.25, -0.2) is 4.79 Å². The minimum Gasteiger partial charge on any atom is -0.493 e. The molecule has 1 amide bonds. The van der Waals surface area contributed by atoms with E-state index < -0.39 is 12.0 Å². The fraction of sp³-hybridized carbons (Fsp3) is 0.600. The van der Waals surface area contributed by atoms with Gasteiger partial charge in [0.2, 0.25) is 11.7 Å². The summed E-state index contributed by atoms with van der Waals surface area (Å²) in [6.45, 7) is 9.09. The lowest BCUT2D eigenvalue weighted by Crippen LogP contribution is -2.51. The summed E-state index contributed by atoms with van der Waals surface area (Å²) >= 11 is 0. The van der Waals surface area contributed by atoms with Crippen LogP contribution in [0.15, 0.2) is 37.4 Å². The van der Waals surface area contributed by atoms with Crippen LogP contribution >= 0.6 is 0 Å². The Balaban J connectivity index is 1.97. The van der Waals surface area contributed by atoms with Gasteiger partial charge in [0.05, 0.1) is 33.4 Å². The molecule has 2 atom stereocenters. The van der Waals surface area contributed by atoms with Gasteiger partial charge in [-0.3, -0.25) is 4.79 Å². The van der Waals surface area contributed by atoms with Crippen LogP contribution in [0.1, 0.15) is 62.8 Å². The Morgan fingerprint density at radius 2 is 1.66 bits per heavy atom. The third kappa shape index (κ3) is 7.53. The second-order valence-corrected chi connectivity index (χ2v) is 9.80. The van der Waals surface area contributed by atoms with Gasteiger partial charge in [-0.05, 0) is 55.7 Å². The number of likely N-dealkylation sites (tertiary alicyclic amines) is 1. The molecule has 1 saturated heterocycles. The average molecular weight is 530 g/mol. The molecule has 1 aliphatic heterocycles. The molecule has 0 radical (unpaired) electrons. The molecule has 1 heterocycles.